The number of hydrogen-bond acceptors (Lipinski definition) is 6. The van der Waals surface area contributed by atoms with Gasteiger partial charge in [0, 0.05) is 127 Å². The minimum atomic E-state index is -0.411. The van der Waals surface area contributed by atoms with Gasteiger partial charge in [-0.3, -0.25) is 19.1 Å². The standard InChI is InChI=1S/C69H65N4O.C66H59N4O.2Pt/c1-66(2,3)48-34-35-58(54(41-48)44-24-15-12-16-25-44)73-60-33-23-31-52(63(60)71-65(73)55-42-49(67(4,5)6)43-56(64(55)74)68(7,8)9)45-38-46(40-50(39-45)69(10,11)47-26-17-13-18-27-47)62-61-53-30-21-22-32-57(53)72(59(61)36-37-70-62)51-28-19-14-20-29-51;1-64(2,3)47-32-33-56(52(39-47)43-24-15-11-16-25-43)70-58-31-21-29-50(61(58)68-63(70)53-40-48(65(4,5)6)41-54(62(53)71)66(7,8)9)45-36-44(42-22-13-10-14-23-42)37-46(38-45)60-59-51-28-19-20-30-55(51)69(57(59)34-35-67-60)49-26-17-12-18-27-49;;/h12-37,39-43,74H,1-11H3;10-37,39-41,71H,1-9H3;;/q2*-1;;. The zero-order valence-corrected chi connectivity index (χ0v) is 91.9. The van der Waals surface area contributed by atoms with E-state index in [0.29, 0.717) is 22.8 Å². The number of phenols is 2. The average molecular weight is 2280 g/mol. The fourth-order valence-electron chi connectivity index (χ4n) is 21.0. The molecule has 16 aromatic carbocycles. The molecule has 0 spiro atoms. The van der Waals surface area contributed by atoms with Crippen molar-refractivity contribution in [1.82, 2.24) is 38.2 Å². The summed E-state index contributed by atoms with van der Waals surface area (Å²) < 4.78 is 9.25. The van der Waals surface area contributed by atoms with Gasteiger partial charge in [-0.1, -0.05) is 409 Å². The van der Waals surface area contributed by atoms with E-state index >= 15 is 0 Å². The molecule has 0 aliphatic heterocycles. The monoisotopic (exact) mass is 2280 g/mol. The van der Waals surface area contributed by atoms with Gasteiger partial charge >= 0.3 is 0 Å². The molecule has 0 bridgehead atoms. The third-order valence-corrected chi connectivity index (χ3v) is 29.1. The fraction of sp³-hybridized carbons (Fsp3) is 0.200. The van der Waals surface area contributed by atoms with Crippen LogP contribution in [0.2, 0.25) is 0 Å². The number of aromatic hydroxyl groups is 2. The number of pyridine rings is 2. The van der Waals surface area contributed by atoms with Crippen molar-refractivity contribution in [2.45, 2.75) is 176 Å². The van der Waals surface area contributed by atoms with Crippen LogP contribution in [0, 0.1) is 12.1 Å². The normalized spacial score (nSPS) is 12.3. The van der Waals surface area contributed by atoms with Crippen LogP contribution in [0.3, 0.4) is 0 Å². The molecule has 22 aromatic rings. The number of nitrogens with zero attached hydrogens (tertiary/aromatic N) is 8. The maximum atomic E-state index is 12.8. The van der Waals surface area contributed by atoms with Gasteiger partial charge in [0.1, 0.15) is 23.1 Å². The molecule has 6 aromatic heterocycles. The molecule has 0 saturated heterocycles. The van der Waals surface area contributed by atoms with E-state index in [1.807, 2.05) is 12.4 Å². The van der Waals surface area contributed by atoms with Crippen molar-refractivity contribution < 1.29 is 52.3 Å². The molecule has 0 atom stereocenters. The Hall–Kier alpha value is -14.7. The summed E-state index contributed by atoms with van der Waals surface area (Å²) in [6, 6.07) is 138. The zero-order chi connectivity index (χ0) is 101. The molecule has 0 radical (unpaired) electrons. The van der Waals surface area contributed by atoms with Crippen molar-refractivity contribution in [3.63, 3.8) is 0 Å². The molecule has 0 unspecified atom stereocenters. The predicted molar refractivity (Wildman–Crippen MR) is 607 cm³/mol. The van der Waals surface area contributed by atoms with Crippen LogP contribution in [-0.4, -0.2) is 48.4 Å². The SMILES string of the molecule is CC(C)(C)c1ccc(-n2c(-c3cc(C(C)(C)C)cc(C(C)(C)C)c3O)nc3c(-c4[c-]c(-c5nccc6c5c5ccccc5n6-c5ccccc5)cc(-c5ccccc5)c4)cccc32)c(-c2ccccc2)c1.CC(C)(C)c1ccc(-n2c(-c3cc(C(C)(C)C)cc(C(C)(C)C)c3O)nc3c(-c4[c-]c(-c5nccc6c5c5ccccc5n6-c5ccccc5)cc(C(C)(C)c5ccccc5)c4)cccc32)c(-c2ccccc2)c1.[Pt].[Pt]. The molecule has 10 nitrogen and oxygen atoms in total. The van der Waals surface area contributed by atoms with Crippen molar-refractivity contribution in [3.05, 3.63) is 433 Å². The van der Waals surface area contributed by atoms with Crippen LogP contribution in [0.15, 0.2) is 376 Å². The number of para-hydroxylation sites is 6. The van der Waals surface area contributed by atoms with Crippen LogP contribution in [0.4, 0.5) is 0 Å². The molecular formula is C135H124N8O2Pt2-2. The molecule has 22 rings (SSSR count). The minimum Gasteiger partial charge on any atom is -0.507 e. The molecule has 0 amide bonds. The first-order chi connectivity index (χ1) is 69.3. The maximum Gasteiger partial charge on any atom is 0.148 e. The van der Waals surface area contributed by atoms with Crippen LogP contribution < -0.4 is 0 Å². The van der Waals surface area contributed by atoms with Gasteiger partial charge < -0.3 is 19.3 Å². The number of aromatic nitrogens is 8. The van der Waals surface area contributed by atoms with E-state index in [0.717, 1.165) is 194 Å². The molecule has 0 aliphatic rings. The van der Waals surface area contributed by atoms with Gasteiger partial charge in [-0.25, -0.2) is 9.97 Å². The summed E-state index contributed by atoms with van der Waals surface area (Å²) in [6.45, 7) is 44.6. The number of hydrogen-bond donors (Lipinski definition) is 2. The Bertz CT molecular complexity index is 8750. The topological polar surface area (TPSA) is 112 Å². The minimum absolute atomic E-state index is 0. The summed E-state index contributed by atoms with van der Waals surface area (Å²) in [5.74, 6) is 1.82. The van der Waals surface area contributed by atoms with Crippen LogP contribution in [-0.2, 0) is 80.0 Å². The maximum absolute atomic E-state index is 12.8. The first-order valence-electron chi connectivity index (χ1n) is 50.7. The van der Waals surface area contributed by atoms with Crippen molar-refractivity contribution >= 4 is 65.7 Å². The van der Waals surface area contributed by atoms with Gasteiger partial charge in [0.15, 0.2) is 0 Å². The van der Waals surface area contributed by atoms with Crippen LogP contribution in [0.25, 0.3) is 189 Å². The van der Waals surface area contributed by atoms with Crippen molar-refractivity contribution in [1.29, 1.82) is 0 Å². The average Bonchev–Trinajstić information content (AvgIpc) is 1.57. The third kappa shape index (κ3) is 18.9. The van der Waals surface area contributed by atoms with E-state index in [1.54, 1.807) is 0 Å². The number of fused-ring (bicyclic) bond motifs is 8. The molecular weight excluding hydrogens is 2160 g/mol. The molecule has 147 heavy (non-hydrogen) atoms. The molecule has 12 heteroatoms. The van der Waals surface area contributed by atoms with Crippen LogP contribution in [0.5, 0.6) is 11.5 Å². The zero-order valence-electron chi connectivity index (χ0n) is 87.4. The summed E-state index contributed by atoms with van der Waals surface area (Å²) in [5, 5.41) is 29.8. The van der Waals surface area contributed by atoms with Crippen molar-refractivity contribution in [2.24, 2.45) is 0 Å². The predicted octanol–water partition coefficient (Wildman–Crippen LogP) is 35.2. The molecule has 2 N–H and O–H groups in total. The Kier molecular flexibility index (Phi) is 26.8. The van der Waals surface area contributed by atoms with Crippen LogP contribution in [0.1, 0.15) is 183 Å². The number of rotatable bonds is 15. The van der Waals surface area contributed by atoms with Crippen molar-refractivity contribution in [2.75, 3.05) is 0 Å². The molecule has 0 aliphatic carbocycles. The van der Waals surface area contributed by atoms with Gasteiger partial charge in [0.25, 0.3) is 0 Å². The summed E-state index contributed by atoms with van der Waals surface area (Å²) in [4.78, 5) is 22.0. The summed E-state index contributed by atoms with van der Waals surface area (Å²) in [6.07, 6.45) is 3.86. The fourth-order valence-corrected chi connectivity index (χ4v) is 21.0. The van der Waals surface area contributed by atoms with Gasteiger partial charge in [-0.15, -0.1) is 53.1 Å². The molecule has 738 valence electrons. The third-order valence-electron chi connectivity index (χ3n) is 29.1. The largest absolute Gasteiger partial charge is 0.507 e. The van der Waals surface area contributed by atoms with Crippen LogP contribution >= 0.6 is 0 Å². The number of benzene rings is 16. The Morgan fingerprint density at radius 1 is 0.238 bits per heavy atom. The molecule has 6 heterocycles. The second-order valence-electron chi connectivity index (χ2n) is 45.7. The van der Waals surface area contributed by atoms with E-state index in [2.05, 4.69) is 533 Å². The van der Waals surface area contributed by atoms with E-state index in [4.69, 9.17) is 19.9 Å². The first-order valence-corrected chi connectivity index (χ1v) is 50.7. The second-order valence-corrected chi connectivity index (χ2v) is 45.7. The molecule has 0 fully saturated rings. The second kappa shape index (κ2) is 38.9. The van der Waals surface area contributed by atoms with Gasteiger partial charge in [0.2, 0.25) is 0 Å². The smallest absolute Gasteiger partial charge is 0.148 e. The van der Waals surface area contributed by atoms with Gasteiger partial charge in [0.05, 0.1) is 66.6 Å². The summed E-state index contributed by atoms with van der Waals surface area (Å²) in [5.41, 5.74) is 34.1. The van der Waals surface area contributed by atoms with E-state index < -0.39 is 5.41 Å². The first kappa shape index (κ1) is 101. The summed E-state index contributed by atoms with van der Waals surface area (Å²) >= 11 is 0. The summed E-state index contributed by atoms with van der Waals surface area (Å²) in [7, 11) is 0. The molecule has 0 saturated carbocycles. The number of phenolic OH excluding ortho intramolecular Hbond substituents is 2. The van der Waals surface area contributed by atoms with E-state index in [-0.39, 0.29) is 86.1 Å². The van der Waals surface area contributed by atoms with Crippen molar-refractivity contribution in [3.8, 4) is 135 Å². The Morgan fingerprint density at radius 2 is 0.571 bits per heavy atom. The quantitative estimate of drug-likeness (QED) is 0.0989. The van der Waals surface area contributed by atoms with E-state index in [9.17, 15) is 10.2 Å². The Labute approximate surface area is 893 Å². The Balaban J connectivity index is 0.000000183. The number of imidazole rings is 2. The van der Waals surface area contributed by atoms with Gasteiger partial charge in [-0.2, -0.15) is 0 Å². The Morgan fingerprint density at radius 3 is 0.966 bits per heavy atom. The van der Waals surface area contributed by atoms with E-state index in [1.165, 1.54) is 16.7 Å². The van der Waals surface area contributed by atoms with Gasteiger partial charge in [-0.05, 0) is 174 Å².